The van der Waals surface area contributed by atoms with Gasteiger partial charge in [0.15, 0.2) is 5.65 Å². The van der Waals surface area contributed by atoms with E-state index in [4.69, 9.17) is 9.51 Å². The summed E-state index contributed by atoms with van der Waals surface area (Å²) in [5, 5.41) is 17.9. The van der Waals surface area contributed by atoms with Gasteiger partial charge in [0.25, 0.3) is 11.7 Å². The van der Waals surface area contributed by atoms with Crippen LogP contribution in [0.25, 0.3) is 33.5 Å². The van der Waals surface area contributed by atoms with E-state index >= 15 is 0 Å². The average Bonchev–Trinajstić information content (AvgIpc) is 3.89. The molecule has 0 saturated carbocycles. The number of hydrogen-bond acceptors (Lipinski definition) is 11. The minimum Gasteiger partial charge on any atom is -0.368 e. The van der Waals surface area contributed by atoms with Crippen LogP contribution in [0.3, 0.4) is 0 Å². The number of rotatable bonds is 10. The van der Waals surface area contributed by atoms with Gasteiger partial charge < -0.3 is 14.7 Å². The van der Waals surface area contributed by atoms with E-state index in [1.807, 2.05) is 71.3 Å². The fraction of sp³-hybridized carbons (Fsp3) is 0.364. The first kappa shape index (κ1) is 38.6. The van der Waals surface area contributed by atoms with Crippen molar-refractivity contribution >= 4 is 34.4 Å². The molecule has 2 aliphatic heterocycles. The summed E-state index contributed by atoms with van der Waals surface area (Å²) in [6, 6.07) is 20.3. The quantitative estimate of drug-likeness (QED) is 0.138. The molecule has 8 rings (SSSR count). The van der Waals surface area contributed by atoms with Crippen LogP contribution in [0.5, 0.6) is 0 Å². The van der Waals surface area contributed by atoms with Crippen molar-refractivity contribution in [1.29, 1.82) is 0 Å². The second-order valence-electron chi connectivity index (χ2n) is 16.4. The van der Waals surface area contributed by atoms with E-state index in [1.165, 1.54) is 5.56 Å². The molecule has 2 aliphatic rings. The molecule has 0 aliphatic carbocycles. The predicted octanol–water partition coefficient (Wildman–Crippen LogP) is 6.05. The van der Waals surface area contributed by atoms with Gasteiger partial charge >= 0.3 is 0 Å². The number of carbonyl (C=O) groups excluding carboxylic acids is 3. The summed E-state index contributed by atoms with van der Waals surface area (Å²) in [6.45, 7) is 14.5. The van der Waals surface area contributed by atoms with Crippen molar-refractivity contribution in [3.63, 3.8) is 0 Å². The van der Waals surface area contributed by atoms with Gasteiger partial charge in [-0.3, -0.25) is 34.7 Å². The summed E-state index contributed by atoms with van der Waals surface area (Å²) in [5.74, 6) is -0.596. The highest BCUT2D eigenvalue weighted by Gasteiger charge is 2.28. The Morgan fingerprint density at radius 2 is 1.76 bits per heavy atom. The number of piperidine rings is 1. The molecule has 6 heterocycles. The number of nitrogens with zero attached hydrogens (tertiary/aromatic N) is 7. The molecule has 2 fully saturated rings. The Bertz CT molecular complexity index is 2460. The van der Waals surface area contributed by atoms with E-state index in [2.05, 4.69) is 82.2 Å². The van der Waals surface area contributed by atoms with Gasteiger partial charge in [-0.05, 0) is 73.2 Å². The first-order valence-electron chi connectivity index (χ1n) is 19.9. The maximum absolute atomic E-state index is 12.9. The minimum atomic E-state index is -0.391. The molecule has 2 aromatic carbocycles. The Labute approximate surface area is 336 Å². The predicted molar refractivity (Wildman–Crippen MR) is 220 cm³/mol. The lowest BCUT2D eigenvalue weighted by Gasteiger charge is -2.36. The molecule has 0 radical (unpaired) electrons. The zero-order valence-corrected chi connectivity index (χ0v) is 33.5. The molecule has 0 spiro atoms. The molecule has 3 amide bonds. The summed E-state index contributed by atoms with van der Waals surface area (Å²) in [7, 11) is 0. The standard InChI is InChI=1S/C44H48N10O4/c1-26-22-30(10-12-33(26)27(2)47-42(57)40-49-43(58-52-40)44(3,4)5)38-35-23-31(24-46-39(35)51-50-38)36-14-11-32(25-45-36)54-20-18-53(19-21-54)17-16-28-6-8-29(9-7-28)34-13-15-37(55)48-41(34)56/h6-12,14,22-25,27,34H,13,15-21H2,1-5H3,(H,47,57)(H,46,50,51)(H,48,55,56)/t27?,34-/m0/s1. The number of piperazine rings is 1. The smallest absolute Gasteiger partial charge is 0.293 e. The van der Waals surface area contributed by atoms with Gasteiger partial charge in [-0.1, -0.05) is 62.3 Å². The van der Waals surface area contributed by atoms with Crippen molar-refractivity contribution in [1.82, 2.24) is 45.8 Å². The van der Waals surface area contributed by atoms with E-state index in [0.717, 1.165) is 89.4 Å². The van der Waals surface area contributed by atoms with Crippen LogP contribution >= 0.6 is 0 Å². The van der Waals surface area contributed by atoms with Crippen LogP contribution in [0.2, 0.25) is 0 Å². The lowest BCUT2D eigenvalue weighted by atomic mass is 9.90. The number of pyridine rings is 2. The second kappa shape index (κ2) is 15.9. The van der Waals surface area contributed by atoms with Crippen LogP contribution in [0.15, 0.2) is 77.6 Å². The number of carbonyl (C=O) groups is 3. The first-order chi connectivity index (χ1) is 27.9. The number of aryl methyl sites for hydroxylation is 1. The third-order valence-corrected chi connectivity index (χ3v) is 11.2. The number of aromatic nitrogens is 6. The molecule has 298 valence electrons. The minimum absolute atomic E-state index is 0.0158. The summed E-state index contributed by atoms with van der Waals surface area (Å²) in [5.41, 5.74) is 9.08. The summed E-state index contributed by atoms with van der Waals surface area (Å²) in [4.78, 5) is 55.4. The van der Waals surface area contributed by atoms with Crippen LogP contribution in [0.4, 0.5) is 5.69 Å². The number of imide groups is 1. The van der Waals surface area contributed by atoms with E-state index in [-0.39, 0.29) is 35.0 Å². The van der Waals surface area contributed by atoms with Gasteiger partial charge in [0.05, 0.1) is 29.5 Å². The molecule has 6 aromatic rings. The molecular weight excluding hydrogens is 733 g/mol. The number of anilines is 1. The molecule has 14 heteroatoms. The fourth-order valence-electron chi connectivity index (χ4n) is 7.72. The summed E-state index contributed by atoms with van der Waals surface area (Å²) < 4.78 is 5.30. The van der Waals surface area contributed by atoms with Crippen LogP contribution in [-0.2, 0) is 21.4 Å². The van der Waals surface area contributed by atoms with E-state index < -0.39 is 5.91 Å². The van der Waals surface area contributed by atoms with Crippen molar-refractivity contribution < 1.29 is 18.9 Å². The van der Waals surface area contributed by atoms with Crippen molar-refractivity contribution in [2.75, 3.05) is 37.6 Å². The Hall–Kier alpha value is -6.28. The first-order valence-corrected chi connectivity index (χ1v) is 19.9. The van der Waals surface area contributed by atoms with E-state index in [1.54, 1.807) is 0 Å². The van der Waals surface area contributed by atoms with Gasteiger partial charge in [0, 0.05) is 67.3 Å². The number of nitrogens with one attached hydrogen (secondary N) is 3. The summed E-state index contributed by atoms with van der Waals surface area (Å²) >= 11 is 0. The van der Waals surface area contributed by atoms with Gasteiger partial charge in [0.2, 0.25) is 17.7 Å². The molecule has 2 saturated heterocycles. The van der Waals surface area contributed by atoms with Gasteiger partial charge in [-0.25, -0.2) is 4.98 Å². The Balaban J connectivity index is 0.865. The van der Waals surface area contributed by atoms with Crippen molar-refractivity contribution in [2.45, 2.75) is 71.3 Å². The Kier molecular flexibility index (Phi) is 10.6. The van der Waals surface area contributed by atoms with Crippen LogP contribution < -0.4 is 15.5 Å². The molecule has 14 nitrogen and oxygen atoms in total. The largest absolute Gasteiger partial charge is 0.368 e. The average molecular weight is 781 g/mol. The zero-order valence-electron chi connectivity index (χ0n) is 33.5. The third kappa shape index (κ3) is 8.23. The van der Waals surface area contributed by atoms with E-state index in [0.29, 0.717) is 24.4 Å². The normalized spacial score (nSPS) is 17.1. The third-order valence-electron chi connectivity index (χ3n) is 11.2. The Morgan fingerprint density at radius 3 is 2.45 bits per heavy atom. The van der Waals surface area contributed by atoms with E-state index in [9.17, 15) is 14.4 Å². The number of H-pyrrole nitrogens is 1. The lowest BCUT2D eigenvalue weighted by Crippen LogP contribution is -2.47. The van der Waals surface area contributed by atoms with Gasteiger partial charge in [-0.2, -0.15) is 10.1 Å². The highest BCUT2D eigenvalue weighted by atomic mass is 16.5. The zero-order chi connectivity index (χ0) is 40.6. The number of amides is 3. The van der Waals surface area contributed by atoms with Crippen molar-refractivity contribution in [3.05, 3.63) is 107 Å². The molecule has 1 unspecified atom stereocenters. The van der Waals surface area contributed by atoms with Crippen molar-refractivity contribution in [2.24, 2.45) is 0 Å². The number of benzene rings is 2. The van der Waals surface area contributed by atoms with Crippen LogP contribution in [0, 0.1) is 6.92 Å². The fourth-order valence-corrected chi connectivity index (χ4v) is 7.72. The van der Waals surface area contributed by atoms with Gasteiger partial charge in [0.1, 0.15) is 5.69 Å². The number of fused-ring (bicyclic) bond motifs is 1. The maximum atomic E-state index is 12.9. The second-order valence-corrected chi connectivity index (χ2v) is 16.4. The van der Waals surface area contributed by atoms with Crippen LogP contribution in [-0.4, -0.2) is 85.7 Å². The molecular formula is C44H48N10O4. The topological polar surface area (TPSA) is 175 Å². The molecule has 58 heavy (non-hydrogen) atoms. The molecule has 0 bridgehead atoms. The highest BCUT2D eigenvalue weighted by molar-refractivity contribution is 6.01. The maximum Gasteiger partial charge on any atom is 0.293 e. The molecule has 3 N–H and O–H groups in total. The summed E-state index contributed by atoms with van der Waals surface area (Å²) in [6.07, 6.45) is 5.66. The van der Waals surface area contributed by atoms with Crippen molar-refractivity contribution in [3.8, 4) is 22.5 Å². The van der Waals surface area contributed by atoms with Gasteiger partial charge in [-0.15, -0.1) is 0 Å². The Morgan fingerprint density at radius 1 is 0.966 bits per heavy atom. The number of hydrogen-bond donors (Lipinski definition) is 3. The highest BCUT2D eigenvalue weighted by Crippen LogP contribution is 2.32. The van der Waals surface area contributed by atoms with Crippen LogP contribution in [0.1, 0.15) is 91.3 Å². The SMILES string of the molecule is Cc1cc(-c2n[nH]c3ncc(-c4ccc(N5CCN(CCc6ccc([C@@H]7CCC(=O)NC7=O)cc6)CC5)cn4)cc23)ccc1C(C)NC(=O)c1noc(C(C)(C)C)n1. The monoisotopic (exact) mass is 780 g/mol. The lowest BCUT2D eigenvalue weighted by molar-refractivity contribution is -0.134. The molecule has 2 atom stereocenters. The molecule has 4 aromatic heterocycles. The number of aromatic amines is 1.